The number of phosphoric acid groups is 1. The number of unbranched alkanes of at least 4 members (excludes halogenated alkanes) is 27. The van der Waals surface area contributed by atoms with Crippen molar-refractivity contribution < 1.29 is 32.9 Å². The van der Waals surface area contributed by atoms with Gasteiger partial charge in [0.1, 0.15) is 13.2 Å². The Morgan fingerprint density at radius 2 is 1.00 bits per heavy atom. The zero-order valence-electron chi connectivity index (χ0n) is 36.9. The van der Waals surface area contributed by atoms with Crippen molar-refractivity contribution in [2.45, 2.75) is 225 Å². The van der Waals surface area contributed by atoms with Crippen LogP contribution in [0.3, 0.4) is 0 Å². The lowest BCUT2D eigenvalue weighted by atomic mass is 10.0. The van der Waals surface area contributed by atoms with Gasteiger partial charge in [0.25, 0.3) is 0 Å². The molecular weight excluding hydrogens is 707 g/mol. The first kappa shape index (κ1) is 54.0. The van der Waals surface area contributed by atoms with Crippen LogP contribution >= 0.6 is 7.82 Å². The average Bonchev–Trinajstić information content (AvgIpc) is 3.13. The molecule has 55 heavy (non-hydrogen) atoms. The molecule has 0 aromatic heterocycles. The van der Waals surface area contributed by atoms with E-state index in [0.717, 1.165) is 51.4 Å². The van der Waals surface area contributed by atoms with Gasteiger partial charge in [-0.1, -0.05) is 192 Å². The molecule has 0 fully saturated rings. The minimum absolute atomic E-state index is 0.0609. The highest BCUT2D eigenvalue weighted by Gasteiger charge is 2.27. The number of rotatable bonds is 42. The van der Waals surface area contributed by atoms with E-state index in [2.05, 4.69) is 31.3 Å². The van der Waals surface area contributed by atoms with Crippen LogP contribution in [0, 0.1) is 0 Å². The molecule has 0 aromatic carbocycles. The molecule has 0 aliphatic heterocycles. The average molecular weight is 800 g/mol. The third kappa shape index (κ3) is 41.0. The molecule has 0 saturated carbocycles. The zero-order valence-corrected chi connectivity index (χ0v) is 37.8. The Morgan fingerprint density at radius 1 is 0.600 bits per heavy atom. The lowest BCUT2D eigenvalue weighted by Crippen LogP contribution is -2.45. The third-order valence-electron chi connectivity index (χ3n) is 10.4. The number of allylic oxidation sites excluding steroid dienone is 3. The maximum Gasteiger partial charge on any atom is 0.472 e. The Bertz CT molecular complexity index is 953. The lowest BCUT2D eigenvalue weighted by Gasteiger charge is -2.25. The summed E-state index contributed by atoms with van der Waals surface area (Å²) in [5.41, 5.74) is 0. The summed E-state index contributed by atoms with van der Waals surface area (Å²) in [6.45, 7) is 4.77. The number of aliphatic hydroxyl groups is 1. The van der Waals surface area contributed by atoms with E-state index in [1.165, 1.54) is 141 Å². The molecule has 0 rings (SSSR count). The molecule has 3 unspecified atom stereocenters. The molecule has 0 aliphatic rings. The van der Waals surface area contributed by atoms with Gasteiger partial charge in [0.15, 0.2) is 0 Å². The van der Waals surface area contributed by atoms with Crippen molar-refractivity contribution in [1.82, 2.24) is 5.32 Å². The molecule has 0 aliphatic carbocycles. The van der Waals surface area contributed by atoms with Gasteiger partial charge in [-0.15, -0.1) is 0 Å². The number of quaternary nitrogens is 1. The molecule has 0 aromatic rings. The highest BCUT2D eigenvalue weighted by Crippen LogP contribution is 2.43. The second-order valence-corrected chi connectivity index (χ2v) is 18.6. The Morgan fingerprint density at radius 3 is 1.45 bits per heavy atom. The largest absolute Gasteiger partial charge is 0.472 e. The Balaban J connectivity index is 4.30. The van der Waals surface area contributed by atoms with Gasteiger partial charge in [0, 0.05) is 6.42 Å². The van der Waals surface area contributed by atoms with Crippen molar-refractivity contribution in [2.24, 2.45) is 0 Å². The van der Waals surface area contributed by atoms with Gasteiger partial charge < -0.3 is 19.8 Å². The van der Waals surface area contributed by atoms with E-state index in [9.17, 15) is 19.4 Å². The standard InChI is InChI=1S/C46H91N2O6P/c1-6-8-10-12-14-16-18-19-20-21-22-23-24-25-26-27-28-30-31-33-35-37-39-45(49)44(43-54-55(51,52)53-42-41-48(3,4)5)47-46(50)40-38-36-34-32-29-17-15-13-11-9-7-2/h13,15,37,39,44-45,49H,6-12,14,16-36,38,40-43H2,1-5H3,(H-,47,50,51,52)/p+1/b15-13-,39-37+. The summed E-state index contributed by atoms with van der Waals surface area (Å²) in [4.78, 5) is 23.1. The first-order valence-corrected chi connectivity index (χ1v) is 24.7. The summed E-state index contributed by atoms with van der Waals surface area (Å²) >= 11 is 0. The summed E-state index contributed by atoms with van der Waals surface area (Å²) in [6.07, 6.45) is 45.4. The van der Waals surface area contributed by atoms with Gasteiger partial charge in [-0.2, -0.15) is 0 Å². The summed E-state index contributed by atoms with van der Waals surface area (Å²) in [7, 11) is 1.57. The second-order valence-electron chi connectivity index (χ2n) is 17.1. The summed E-state index contributed by atoms with van der Waals surface area (Å²) in [5, 5.41) is 13.8. The summed E-state index contributed by atoms with van der Waals surface area (Å²) in [6, 6.07) is -0.847. The molecule has 9 heteroatoms. The zero-order chi connectivity index (χ0) is 40.7. The van der Waals surface area contributed by atoms with Gasteiger partial charge in [-0.05, 0) is 38.5 Å². The molecular formula is C46H92N2O6P+. The number of carbonyl (C=O) groups excluding carboxylic acids is 1. The maximum absolute atomic E-state index is 12.8. The van der Waals surface area contributed by atoms with E-state index < -0.39 is 20.0 Å². The fourth-order valence-electron chi connectivity index (χ4n) is 6.67. The van der Waals surface area contributed by atoms with Crippen molar-refractivity contribution in [3.05, 3.63) is 24.3 Å². The van der Waals surface area contributed by atoms with Gasteiger partial charge in [-0.25, -0.2) is 4.57 Å². The van der Waals surface area contributed by atoms with Crippen molar-refractivity contribution in [3.63, 3.8) is 0 Å². The number of amides is 1. The molecule has 3 N–H and O–H groups in total. The SMILES string of the molecule is CCCC/C=C\CCCCCCCC(=O)NC(COP(=O)(O)OCC[N+](C)(C)C)C(O)/C=C/CCCCCCCCCCCCCCCCCCCCCC. The van der Waals surface area contributed by atoms with E-state index in [1.54, 1.807) is 6.08 Å². The first-order chi connectivity index (χ1) is 26.5. The monoisotopic (exact) mass is 800 g/mol. The van der Waals surface area contributed by atoms with Crippen LogP contribution in [0.25, 0.3) is 0 Å². The number of hydrogen-bond donors (Lipinski definition) is 3. The van der Waals surface area contributed by atoms with Crippen LogP contribution in [0.1, 0.15) is 213 Å². The maximum atomic E-state index is 12.8. The predicted octanol–water partition coefficient (Wildman–Crippen LogP) is 12.9. The van der Waals surface area contributed by atoms with E-state index >= 15 is 0 Å². The quantitative estimate of drug-likeness (QED) is 0.0246. The number of nitrogens with zero attached hydrogens (tertiary/aromatic N) is 1. The molecule has 0 saturated heterocycles. The van der Waals surface area contributed by atoms with Crippen LogP contribution in [-0.4, -0.2) is 73.4 Å². The van der Waals surface area contributed by atoms with Crippen LogP contribution in [0.4, 0.5) is 0 Å². The third-order valence-corrected chi connectivity index (χ3v) is 11.4. The molecule has 0 heterocycles. The Hall–Kier alpha value is -1.02. The van der Waals surface area contributed by atoms with Crippen molar-refractivity contribution >= 4 is 13.7 Å². The van der Waals surface area contributed by atoms with Crippen LogP contribution in [0.5, 0.6) is 0 Å². The minimum atomic E-state index is -4.33. The number of hydrogen-bond acceptors (Lipinski definition) is 5. The highest BCUT2D eigenvalue weighted by molar-refractivity contribution is 7.47. The highest BCUT2D eigenvalue weighted by atomic mass is 31.2. The number of nitrogens with one attached hydrogen (secondary N) is 1. The fraction of sp³-hybridized carbons (Fsp3) is 0.891. The van der Waals surface area contributed by atoms with E-state index in [1.807, 2.05) is 27.2 Å². The van der Waals surface area contributed by atoms with Crippen molar-refractivity contribution in [3.8, 4) is 0 Å². The Labute approximate surface area is 341 Å². The number of carbonyl (C=O) groups is 1. The van der Waals surface area contributed by atoms with Gasteiger partial charge in [0.2, 0.25) is 5.91 Å². The lowest BCUT2D eigenvalue weighted by molar-refractivity contribution is -0.870. The normalized spacial score (nSPS) is 14.5. The summed E-state index contributed by atoms with van der Waals surface area (Å²) in [5.74, 6) is -0.187. The minimum Gasteiger partial charge on any atom is -0.387 e. The van der Waals surface area contributed by atoms with Crippen LogP contribution in [0.2, 0.25) is 0 Å². The smallest absolute Gasteiger partial charge is 0.387 e. The number of likely N-dealkylation sites (N-methyl/N-ethyl adjacent to an activating group) is 1. The topological polar surface area (TPSA) is 105 Å². The van der Waals surface area contributed by atoms with Gasteiger partial charge in [-0.3, -0.25) is 13.8 Å². The van der Waals surface area contributed by atoms with Gasteiger partial charge >= 0.3 is 7.82 Å². The van der Waals surface area contributed by atoms with Crippen molar-refractivity contribution in [2.75, 3.05) is 40.9 Å². The molecule has 0 spiro atoms. The van der Waals surface area contributed by atoms with E-state index in [-0.39, 0.29) is 19.1 Å². The summed E-state index contributed by atoms with van der Waals surface area (Å²) < 4.78 is 23.5. The van der Waals surface area contributed by atoms with Crippen LogP contribution in [0.15, 0.2) is 24.3 Å². The number of aliphatic hydroxyl groups excluding tert-OH is 1. The second kappa shape index (κ2) is 38.5. The molecule has 8 nitrogen and oxygen atoms in total. The first-order valence-electron chi connectivity index (χ1n) is 23.2. The molecule has 0 radical (unpaired) electrons. The fourth-order valence-corrected chi connectivity index (χ4v) is 7.41. The molecule has 326 valence electrons. The predicted molar refractivity (Wildman–Crippen MR) is 235 cm³/mol. The molecule has 1 amide bonds. The molecule has 3 atom stereocenters. The van der Waals surface area contributed by atoms with Gasteiger partial charge in [0.05, 0.1) is 39.9 Å². The molecule has 0 bridgehead atoms. The van der Waals surface area contributed by atoms with E-state index in [0.29, 0.717) is 17.4 Å². The Kier molecular flexibility index (Phi) is 37.8. The number of phosphoric ester groups is 1. The van der Waals surface area contributed by atoms with Crippen LogP contribution in [-0.2, 0) is 18.4 Å². The van der Waals surface area contributed by atoms with Crippen LogP contribution < -0.4 is 5.32 Å². The van der Waals surface area contributed by atoms with E-state index in [4.69, 9.17) is 9.05 Å². The van der Waals surface area contributed by atoms with Crippen molar-refractivity contribution in [1.29, 1.82) is 0 Å².